The van der Waals surface area contributed by atoms with Crippen molar-refractivity contribution in [2.75, 3.05) is 11.5 Å². The predicted molar refractivity (Wildman–Crippen MR) is 151 cm³/mol. The van der Waals surface area contributed by atoms with Crippen molar-refractivity contribution in [1.82, 2.24) is 4.98 Å². The molecule has 2 N–H and O–H groups in total. The molecule has 0 unspecified atom stereocenters. The van der Waals surface area contributed by atoms with Crippen LogP contribution < -0.4 is 9.64 Å². The summed E-state index contributed by atoms with van der Waals surface area (Å²) in [4.78, 5) is 5.74. The van der Waals surface area contributed by atoms with E-state index in [0.29, 0.717) is 6.61 Å². The molecule has 0 radical (unpaired) electrons. The van der Waals surface area contributed by atoms with E-state index < -0.39 is 0 Å². The van der Waals surface area contributed by atoms with Crippen LogP contribution in [-0.2, 0) is 0 Å². The van der Waals surface area contributed by atoms with Crippen molar-refractivity contribution in [2.45, 2.75) is 27.7 Å². The molecule has 4 nitrogen and oxygen atoms in total. The summed E-state index contributed by atoms with van der Waals surface area (Å²) in [6, 6.07) is 21.3. The maximum absolute atomic E-state index is 8.27. The quantitative estimate of drug-likeness (QED) is 0.211. The Morgan fingerprint density at radius 2 is 1.60 bits per heavy atom. The fourth-order valence-corrected chi connectivity index (χ4v) is 3.97. The van der Waals surface area contributed by atoms with Gasteiger partial charge in [-0.2, -0.15) is 0 Å². The van der Waals surface area contributed by atoms with Crippen LogP contribution in [0.2, 0.25) is 0 Å². The number of allylic oxidation sites excluding steroid dienone is 4. The molecular weight excluding hydrogens is 432 g/mol. The van der Waals surface area contributed by atoms with Gasteiger partial charge in [-0.15, -0.1) is 0 Å². The molecule has 0 saturated heterocycles. The maximum atomic E-state index is 8.27. The van der Waals surface area contributed by atoms with Gasteiger partial charge in [-0.25, -0.2) is 0 Å². The van der Waals surface area contributed by atoms with Gasteiger partial charge < -0.3 is 19.7 Å². The molecule has 0 saturated carbocycles. The van der Waals surface area contributed by atoms with Crippen molar-refractivity contribution in [3.63, 3.8) is 0 Å². The SMILES string of the molecule is C=C(O)/C=C\C.C=C/C(=C\C)N(c1ccc(OCC)cc1)c1ccc2[nH]c3ccc(C)cc3c2c1. The van der Waals surface area contributed by atoms with Gasteiger partial charge in [0, 0.05) is 38.9 Å². The lowest BCUT2D eigenvalue weighted by atomic mass is 10.1. The molecule has 0 aliphatic carbocycles. The number of aromatic amines is 1. The minimum Gasteiger partial charge on any atom is -0.509 e. The van der Waals surface area contributed by atoms with Crippen molar-refractivity contribution in [1.29, 1.82) is 0 Å². The molecule has 0 spiro atoms. The molecule has 35 heavy (non-hydrogen) atoms. The van der Waals surface area contributed by atoms with Gasteiger partial charge in [-0.1, -0.05) is 36.9 Å². The van der Waals surface area contributed by atoms with E-state index in [0.717, 1.165) is 33.9 Å². The minimum absolute atomic E-state index is 0.109. The van der Waals surface area contributed by atoms with Crippen molar-refractivity contribution >= 4 is 33.2 Å². The van der Waals surface area contributed by atoms with Gasteiger partial charge >= 0.3 is 0 Å². The van der Waals surface area contributed by atoms with E-state index in [1.54, 1.807) is 6.08 Å². The zero-order valence-corrected chi connectivity index (χ0v) is 21.0. The molecule has 0 aliphatic rings. The number of H-pyrrole nitrogens is 1. The summed E-state index contributed by atoms with van der Waals surface area (Å²) in [6.45, 7) is 15.9. The van der Waals surface area contributed by atoms with Crippen LogP contribution in [0.4, 0.5) is 11.4 Å². The van der Waals surface area contributed by atoms with Gasteiger partial charge in [0.2, 0.25) is 0 Å². The molecule has 0 amide bonds. The second kappa shape index (κ2) is 11.8. The number of fused-ring (bicyclic) bond motifs is 3. The van der Waals surface area contributed by atoms with Gasteiger partial charge in [0.1, 0.15) is 11.5 Å². The molecule has 0 atom stereocenters. The summed E-state index contributed by atoms with van der Waals surface area (Å²) in [6.07, 6.45) is 7.22. The summed E-state index contributed by atoms with van der Waals surface area (Å²) in [5, 5.41) is 10.7. The van der Waals surface area contributed by atoms with Crippen LogP contribution in [0.5, 0.6) is 5.75 Å². The molecule has 4 heteroatoms. The highest BCUT2D eigenvalue weighted by atomic mass is 16.5. The zero-order valence-electron chi connectivity index (χ0n) is 21.0. The molecule has 180 valence electrons. The molecule has 1 heterocycles. The average molecular weight is 467 g/mol. The summed E-state index contributed by atoms with van der Waals surface area (Å²) >= 11 is 0. The number of anilines is 2. The smallest absolute Gasteiger partial charge is 0.119 e. The normalized spacial score (nSPS) is 11.4. The van der Waals surface area contributed by atoms with Gasteiger partial charge in [-0.05, 0) is 94.4 Å². The van der Waals surface area contributed by atoms with Crippen molar-refractivity contribution < 1.29 is 9.84 Å². The van der Waals surface area contributed by atoms with Gasteiger partial charge in [0.25, 0.3) is 0 Å². The number of aromatic nitrogens is 1. The lowest BCUT2D eigenvalue weighted by Gasteiger charge is -2.26. The Morgan fingerprint density at radius 1 is 0.971 bits per heavy atom. The summed E-state index contributed by atoms with van der Waals surface area (Å²) in [7, 11) is 0. The molecule has 0 aliphatic heterocycles. The highest BCUT2D eigenvalue weighted by Gasteiger charge is 2.14. The second-order valence-electron chi connectivity index (χ2n) is 8.08. The lowest BCUT2D eigenvalue weighted by Crippen LogP contribution is -2.14. The fraction of sp³-hybridized carbons (Fsp3) is 0.161. The number of hydrogen-bond donors (Lipinski definition) is 2. The van der Waals surface area contributed by atoms with Crippen molar-refractivity contribution in [2.24, 2.45) is 0 Å². The molecule has 1 aromatic heterocycles. The number of aryl methyl sites for hydroxylation is 1. The fourth-order valence-electron chi connectivity index (χ4n) is 3.97. The lowest BCUT2D eigenvalue weighted by molar-refractivity contribution is 0.340. The number of ether oxygens (including phenoxy) is 1. The zero-order chi connectivity index (χ0) is 25.4. The molecule has 0 fully saturated rings. The number of benzene rings is 3. The van der Waals surface area contributed by atoms with Gasteiger partial charge in [0.15, 0.2) is 0 Å². The predicted octanol–water partition coefficient (Wildman–Crippen LogP) is 8.89. The van der Waals surface area contributed by atoms with Crippen LogP contribution in [0.3, 0.4) is 0 Å². The maximum Gasteiger partial charge on any atom is 0.119 e. The average Bonchev–Trinajstić information content (AvgIpc) is 3.21. The first kappa shape index (κ1) is 25.4. The number of aliphatic hydroxyl groups excluding tert-OH is 1. The first-order chi connectivity index (χ1) is 16.9. The van der Waals surface area contributed by atoms with Crippen LogP contribution in [0, 0.1) is 6.92 Å². The Balaban J connectivity index is 0.000000509. The van der Waals surface area contributed by atoms with E-state index in [2.05, 4.69) is 84.6 Å². The minimum atomic E-state index is 0.109. The third-order valence-electron chi connectivity index (χ3n) is 5.52. The van der Waals surface area contributed by atoms with Crippen molar-refractivity contribution in [3.8, 4) is 5.75 Å². The monoisotopic (exact) mass is 466 g/mol. The van der Waals surface area contributed by atoms with Crippen LogP contribution in [0.1, 0.15) is 26.3 Å². The Labute approximate surface area is 208 Å². The molecule has 4 aromatic rings. The van der Waals surface area contributed by atoms with E-state index in [9.17, 15) is 0 Å². The number of nitrogens with zero attached hydrogens (tertiary/aromatic N) is 1. The molecule has 3 aromatic carbocycles. The molecule has 0 bridgehead atoms. The van der Waals surface area contributed by atoms with E-state index in [1.807, 2.05) is 39.0 Å². The first-order valence-corrected chi connectivity index (χ1v) is 11.8. The summed E-state index contributed by atoms with van der Waals surface area (Å²) in [5.74, 6) is 0.983. The number of rotatable bonds is 7. The topological polar surface area (TPSA) is 48.5 Å². The second-order valence-corrected chi connectivity index (χ2v) is 8.08. The third-order valence-corrected chi connectivity index (χ3v) is 5.52. The van der Waals surface area contributed by atoms with Crippen molar-refractivity contribution in [3.05, 3.63) is 115 Å². The Morgan fingerprint density at radius 3 is 2.14 bits per heavy atom. The van der Waals surface area contributed by atoms with Crippen LogP contribution in [0.15, 0.2) is 110 Å². The van der Waals surface area contributed by atoms with E-state index >= 15 is 0 Å². The van der Waals surface area contributed by atoms with Crippen LogP contribution >= 0.6 is 0 Å². The van der Waals surface area contributed by atoms with Gasteiger partial charge in [-0.3, -0.25) is 0 Å². The summed E-state index contributed by atoms with van der Waals surface area (Å²) in [5.41, 5.74) is 6.75. The largest absolute Gasteiger partial charge is 0.509 e. The van der Waals surface area contributed by atoms with Crippen LogP contribution in [0.25, 0.3) is 21.8 Å². The Bertz CT molecular complexity index is 1370. The molecular formula is C31H34N2O2. The number of aliphatic hydroxyl groups is 1. The van der Waals surface area contributed by atoms with Crippen LogP contribution in [-0.4, -0.2) is 16.7 Å². The molecule has 4 rings (SSSR count). The summed E-state index contributed by atoms with van der Waals surface area (Å²) < 4.78 is 5.61. The standard InChI is InChI=1S/C26H26N2O.C5H8O/c1-5-19(6-2)28(20-9-12-22(13-10-20)29-7-3)21-11-15-26-24(17-21)23-16-18(4)8-14-25(23)27-26;1-3-4-5(2)6/h5-6,8-17,27H,1,7H2,2-4H3;3-4,6H,2H2,1H3/b19-6+;4-3-. The highest BCUT2D eigenvalue weighted by Crippen LogP contribution is 2.35. The Kier molecular flexibility index (Phi) is 8.58. The highest BCUT2D eigenvalue weighted by molar-refractivity contribution is 6.08. The number of nitrogens with one attached hydrogen (secondary N) is 1. The van der Waals surface area contributed by atoms with Gasteiger partial charge in [0.05, 0.1) is 6.61 Å². The van der Waals surface area contributed by atoms with E-state index in [-0.39, 0.29) is 5.76 Å². The third kappa shape index (κ3) is 6.04. The van der Waals surface area contributed by atoms with E-state index in [1.165, 1.54) is 22.4 Å². The first-order valence-electron chi connectivity index (χ1n) is 11.8. The Hall–Kier alpha value is -4.18. The van der Waals surface area contributed by atoms with E-state index in [4.69, 9.17) is 9.84 Å². The number of hydrogen-bond acceptors (Lipinski definition) is 3.